The van der Waals surface area contributed by atoms with Crippen LogP contribution in [0.25, 0.3) is 32.8 Å². The minimum absolute atomic E-state index is 0.152. The highest BCUT2D eigenvalue weighted by atomic mass is 19.1. The maximum atomic E-state index is 14.2. The number of aldehydes is 1. The third-order valence-corrected chi connectivity index (χ3v) is 5.11. The molecule has 140 valence electrons. The van der Waals surface area contributed by atoms with Crippen LogP contribution in [0.3, 0.4) is 0 Å². The van der Waals surface area contributed by atoms with Crippen LogP contribution in [-0.4, -0.2) is 16.8 Å². The molecule has 0 atom stereocenters. The van der Waals surface area contributed by atoms with Crippen LogP contribution in [0.2, 0.25) is 0 Å². The predicted molar refractivity (Wildman–Crippen MR) is 110 cm³/mol. The number of nitrogens with two attached hydrogens (primary N) is 1. The van der Waals surface area contributed by atoms with Gasteiger partial charge in [0.1, 0.15) is 5.82 Å². The van der Waals surface area contributed by atoms with Gasteiger partial charge in [0, 0.05) is 34.6 Å². The summed E-state index contributed by atoms with van der Waals surface area (Å²) in [6.45, 7) is 0.281. The lowest BCUT2D eigenvalue weighted by Gasteiger charge is -2.09. The molecular formula is C22H19FN4O. The summed E-state index contributed by atoms with van der Waals surface area (Å²) < 4.78 is 16.1. The monoisotopic (exact) mass is 374 g/mol. The number of hydrogen-bond donors (Lipinski definition) is 3. The maximum absolute atomic E-state index is 14.2. The summed E-state index contributed by atoms with van der Waals surface area (Å²) in [7, 11) is 1.87. The number of nitrogens with zero attached hydrogens (tertiary/aromatic N) is 1. The van der Waals surface area contributed by atoms with E-state index in [0.29, 0.717) is 10.9 Å². The van der Waals surface area contributed by atoms with Crippen molar-refractivity contribution in [2.75, 3.05) is 0 Å². The van der Waals surface area contributed by atoms with E-state index in [4.69, 9.17) is 11.1 Å². The Morgan fingerprint density at radius 2 is 1.89 bits per heavy atom. The number of fused-ring (bicyclic) bond motifs is 2. The first-order chi connectivity index (χ1) is 13.5. The number of aromatic nitrogens is 1. The maximum Gasteiger partial charge on any atom is 0.186 e. The van der Waals surface area contributed by atoms with Crippen molar-refractivity contribution in [2.45, 2.75) is 6.54 Å². The van der Waals surface area contributed by atoms with Crippen LogP contribution < -0.4 is 11.1 Å². The molecule has 0 spiro atoms. The molecule has 0 radical (unpaired) electrons. The van der Waals surface area contributed by atoms with Gasteiger partial charge in [-0.2, -0.15) is 0 Å². The average Bonchev–Trinajstić information content (AvgIpc) is 2.97. The van der Waals surface area contributed by atoms with Crippen LogP contribution in [0.5, 0.6) is 0 Å². The number of halogens is 1. The topological polar surface area (TPSA) is 83.9 Å². The zero-order valence-electron chi connectivity index (χ0n) is 15.3. The van der Waals surface area contributed by atoms with E-state index in [1.807, 2.05) is 48.0 Å². The Labute approximate surface area is 161 Å². The summed E-state index contributed by atoms with van der Waals surface area (Å²) in [5, 5.41) is 12.4. The minimum atomic E-state index is -0.250. The Kier molecular flexibility index (Phi) is 4.31. The van der Waals surface area contributed by atoms with E-state index < -0.39 is 0 Å². The fraction of sp³-hybridized carbons (Fsp3) is 0.0909. The molecule has 0 amide bonds. The van der Waals surface area contributed by atoms with Crippen molar-refractivity contribution in [1.29, 1.82) is 5.41 Å². The molecule has 4 aromatic rings. The quantitative estimate of drug-likeness (QED) is 0.287. The number of guanidine groups is 1. The Morgan fingerprint density at radius 3 is 2.61 bits per heavy atom. The largest absolute Gasteiger partial charge is 0.370 e. The third-order valence-electron chi connectivity index (χ3n) is 5.11. The lowest BCUT2D eigenvalue weighted by atomic mass is 9.97. The molecule has 0 saturated heterocycles. The highest BCUT2D eigenvalue weighted by Gasteiger charge is 2.16. The third kappa shape index (κ3) is 2.79. The molecule has 0 fully saturated rings. The number of carbonyl (C=O) groups excluding carboxylic acids is 1. The van der Waals surface area contributed by atoms with E-state index in [-0.39, 0.29) is 18.3 Å². The molecule has 4 N–H and O–H groups in total. The van der Waals surface area contributed by atoms with E-state index >= 15 is 0 Å². The summed E-state index contributed by atoms with van der Waals surface area (Å²) in [6, 6.07) is 16.5. The molecule has 28 heavy (non-hydrogen) atoms. The van der Waals surface area contributed by atoms with Crippen LogP contribution in [0, 0.1) is 11.2 Å². The second-order valence-corrected chi connectivity index (χ2v) is 6.68. The van der Waals surface area contributed by atoms with Gasteiger partial charge in [0.2, 0.25) is 0 Å². The zero-order chi connectivity index (χ0) is 19.8. The molecule has 1 aromatic heterocycles. The van der Waals surface area contributed by atoms with Crippen LogP contribution in [0.15, 0.2) is 54.6 Å². The number of aryl methyl sites for hydroxylation is 1. The first-order valence-corrected chi connectivity index (χ1v) is 8.83. The normalized spacial score (nSPS) is 11.1. The van der Waals surface area contributed by atoms with Crippen molar-refractivity contribution in [3.8, 4) is 11.1 Å². The standard InChI is InChI=1S/C22H19FN4O/c1-27-20-10-13(14-8-9-19(23)16-5-3-2-4-15(14)16)6-7-17(20)18(12-28)21(27)11-26-22(24)25/h2-10,12H,11H2,1H3,(H4,24,25,26). The van der Waals surface area contributed by atoms with Gasteiger partial charge < -0.3 is 15.6 Å². The molecule has 6 heteroatoms. The summed E-state index contributed by atoms with van der Waals surface area (Å²) in [4.78, 5) is 11.7. The molecule has 3 aromatic carbocycles. The molecule has 0 aliphatic heterocycles. The van der Waals surface area contributed by atoms with Gasteiger partial charge in [0.05, 0.1) is 6.54 Å². The van der Waals surface area contributed by atoms with Gasteiger partial charge >= 0.3 is 0 Å². The van der Waals surface area contributed by atoms with Gasteiger partial charge in [0.25, 0.3) is 0 Å². The lowest BCUT2D eigenvalue weighted by molar-refractivity contribution is 0.112. The van der Waals surface area contributed by atoms with Crippen molar-refractivity contribution in [3.05, 3.63) is 71.7 Å². The van der Waals surface area contributed by atoms with Gasteiger partial charge in [0.15, 0.2) is 12.2 Å². The van der Waals surface area contributed by atoms with Crippen molar-refractivity contribution in [2.24, 2.45) is 12.8 Å². The summed E-state index contributed by atoms with van der Waals surface area (Å²) in [5.41, 5.74) is 9.46. The number of rotatable bonds is 4. The first-order valence-electron chi connectivity index (χ1n) is 8.83. The fourth-order valence-electron chi connectivity index (χ4n) is 3.72. The van der Waals surface area contributed by atoms with Gasteiger partial charge in [-0.15, -0.1) is 0 Å². The molecule has 5 nitrogen and oxygen atoms in total. The van der Waals surface area contributed by atoms with Crippen molar-refractivity contribution in [3.63, 3.8) is 0 Å². The van der Waals surface area contributed by atoms with Crippen LogP contribution in [-0.2, 0) is 13.6 Å². The van der Waals surface area contributed by atoms with Gasteiger partial charge in [-0.05, 0) is 28.6 Å². The van der Waals surface area contributed by atoms with Crippen molar-refractivity contribution >= 4 is 33.9 Å². The highest BCUT2D eigenvalue weighted by Crippen LogP contribution is 2.34. The van der Waals surface area contributed by atoms with E-state index in [0.717, 1.165) is 39.4 Å². The Morgan fingerprint density at radius 1 is 1.14 bits per heavy atom. The van der Waals surface area contributed by atoms with Crippen molar-refractivity contribution < 1.29 is 9.18 Å². The Bertz CT molecular complexity index is 1240. The fourth-order valence-corrected chi connectivity index (χ4v) is 3.72. The minimum Gasteiger partial charge on any atom is -0.370 e. The second kappa shape index (κ2) is 6.81. The number of benzene rings is 3. The summed E-state index contributed by atoms with van der Waals surface area (Å²) in [5.74, 6) is -0.402. The van der Waals surface area contributed by atoms with Crippen molar-refractivity contribution in [1.82, 2.24) is 9.88 Å². The molecule has 0 saturated carbocycles. The first kappa shape index (κ1) is 17.7. The second-order valence-electron chi connectivity index (χ2n) is 6.68. The number of nitrogens with one attached hydrogen (secondary N) is 2. The van der Waals surface area contributed by atoms with Crippen LogP contribution in [0.1, 0.15) is 16.1 Å². The Balaban J connectivity index is 1.92. The number of carbonyl (C=O) groups is 1. The van der Waals surface area contributed by atoms with E-state index in [1.165, 1.54) is 6.07 Å². The summed E-state index contributed by atoms with van der Waals surface area (Å²) in [6.07, 6.45) is 0.826. The van der Waals surface area contributed by atoms with Gasteiger partial charge in [-0.1, -0.05) is 42.5 Å². The smallest absolute Gasteiger partial charge is 0.186 e. The van der Waals surface area contributed by atoms with E-state index in [9.17, 15) is 9.18 Å². The van der Waals surface area contributed by atoms with Gasteiger partial charge in [-0.25, -0.2) is 4.39 Å². The highest BCUT2D eigenvalue weighted by molar-refractivity contribution is 6.03. The molecule has 0 unspecified atom stereocenters. The number of hydrogen-bond acceptors (Lipinski definition) is 2. The molecule has 4 rings (SSSR count). The van der Waals surface area contributed by atoms with Crippen LogP contribution >= 0.6 is 0 Å². The average molecular weight is 374 g/mol. The SMILES string of the molecule is Cn1c(CNC(=N)N)c(C=O)c2ccc(-c3ccc(F)c4ccccc34)cc21. The molecule has 0 aliphatic rings. The van der Waals surface area contributed by atoms with Crippen LogP contribution in [0.4, 0.5) is 4.39 Å². The van der Waals surface area contributed by atoms with E-state index in [1.54, 1.807) is 12.1 Å². The van der Waals surface area contributed by atoms with Gasteiger partial charge in [-0.3, -0.25) is 10.2 Å². The Hall–Kier alpha value is -3.67. The molecule has 0 aliphatic carbocycles. The zero-order valence-corrected chi connectivity index (χ0v) is 15.3. The molecule has 0 bridgehead atoms. The lowest BCUT2D eigenvalue weighted by Crippen LogP contribution is -2.30. The molecular weight excluding hydrogens is 355 g/mol. The summed E-state index contributed by atoms with van der Waals surface area (Å²) >= 11 is 0. The molecule has 1 heterocycles. The predicted octanol–water partition coefficient (Wildman–Crippen LogP) is 3.93. The van der Waals surface area contributed by atoms with E-state index in [2.05, 4.69) is 5.32 Å².